The lowest BCUT2D eigenvalue weighted by Gasteiger charge is -2.24. The number of hydrogen-bond donors (Lipinski definition) is 2. The van der Waals surface area contributed by atoms with Gasteiger partial charge in [-0.1, -0.05) is 44.7 Å². The van der Waals surface area contributed by atoms with Gasteiger partial charge in [-0.15, -0.1) is 0 Å². The first-order valence-electron chi connectivity index (χ1n) is 12.8. The van der Waals surface area contributed by atoms with Crippen molar-refractivity contribution in [3.63, 3.8) is 0 Å². The van der Waals surface area contributed by atoms with E-state index in [1.807, 2.05) is 6.92 Å². The number of phenols is 1. The van der Waals surface area contributed by atoms with Crippen LogP contribution >= 0.6 is 11.6 Å². The van der Waals surface area contributed by atoms with Gasteiger partial charge in [0.15, 0.2) is 0 Å². The molecular weight excluding hydrogens is 490 g/mol. The van der Waals surface area contributed by atoms with Gasteiger partial charge in [0.25, 0.3) is 5.91 Å². The molecule has 7 nitrogen and oxygen atoms in total. The molecule has 1 heterocycles. The van der Waals surface area contributed by atoms with E-state index in [9.17, 15) is 19.5 Å². The number of nitrogens with zero attached hydrogens (tertiary/aromatic N) is 2. The molecule has 1 unspecified atom stereocenters. The average Bonchev–Trinajstić information content (AvgIpc) is 3.14. The zero-order valence-electron chi connectivity index (χ0n) is 22.0. The van der Waals surface area contributed by atoms with Gasteiger partial charge in [0.05, 0.1) is 11.9 Å². The number of amides is 2. The second kappa shape index (κ2) is 12.8. The van der Waals surface area contributed by atoms with Crippen LogP contribution in [0.4, 0.5) is 0 Å². The topological polar surface area (TPSA) is 91.6 Å². The minimum absolute atomic E-state index is 0.0265. The van der Waals surface area contributed by atoms with Crippen molar-refractivity contribution >= 4 is 40.2 Å². The molecule has 0 bridgehead atoms. The van der Waals surface area contributed by atoms with Gasteiger partial charge in [-0.25, -0.2) is 0 Å². The zero-order valence-corrected chi connectivity index (χ0v) is 22.8. The highest BCUT2D eigenvalue weighted by Crippen LogP contribution is 2.30. The van der Waals surface area contributed by atoms with Crippen molar-refractivity contribution in [1.82, 2.24) is 14.8 Å². The molecule has 0 radical (unpaired) electrons. The minimum atomic E-state index is -0.605. The lowest BCUT2D eigenvalue weighted by molar-refractivity contribution is -0.135. The van der Waals surface area contributed by atoms with E-state index in [1.54, 1.807) is 59.8 Å². The lowest BCUT2D eigenvalue weighted by Crippen LogP contribution is -2.48. The Morgan fingerprint density at radius 2 is 1.73 bits per heavy atom. The summed E-state index contributed by atoms with van der Waals surface area (Å²) in [7, 11) is 1.77. The number of rotatable bonds is 11. The number of aromatic nitrogens is 1. The third-order valence-electron chi connectivity index (χ3n) is 6.65. The second-order valence-corrected chi connectivity index (χ2v) is 9.90. The van der Waals surface area contributed by atoms with Crippen LogP contribution in [0.5, 0.6) is 5.75 Å². The van der Waals surface area contributed by atoms with Crippen molar-refractivity contribution in [1.29, 1.82) is 0 Å². The molecule has 0 saturated carbocycles. The number of benzene rings is 2. The molecule has 0 aliphatic rings. The van der Waals surface area contributed by atoms with Crippen molar-refractivity contribution in [2.45, 2.75) is 65.3 Å². The molecule has 198 valence electrons. The van der Waals surface area contributed by atoms with Crippen LogP contribution in [0.2, 0.25) is 5.02 Å². The van der Waals surface area contributed by atoms with Crippen molar-refractivity contribution < 1.29 is 19.5 Å². The van der Waals surface area contributed by atoms with Crippen LogP contribution in [-0.2, 0) is 16.0 Å². The molecule has 2 aromatic carbocycles. The van der Waals surface area contributed by atoms with Gasteiger partial charge >= 0.3 is 0 Å². The standard InChI is InChI=1S/C29H36ClN3O4/c1-5-7-9-25(29(37)32(4)16-8-6-2)31-27(35)18-23-19(3)33(26-15-14-22(34)17-24(23)26)28(36)20-10-12-21(30)13-11-20/h10-15,17,25,34H,5-9,16,18H2,1-4H3,(H,31,35). The number of halogens is 1. The molecule has 0 aliphatic carbocycles. The first-order chi connectivity index (χ1) is 17.7. The van der Waals surface area contributed by atoms with E-state index >= 15 is 0 Å². The monoisotopic (exact) mass is 525 g/mol. The predicted molar refractivity (Wildman–Crippen MR) is 147 cm³/mol. The maximum Gasteiger partial charge on any atom is 0.262 e. The smallest absolute Gasteiger partial charge is 0.262 e. The Morgan fingerprint density at radius 3 is 2.38 bits per heavy atom. The number of hydrogen-bond acceptors (Lipinski definition) is 4. The Balaban J connectivity index is 1.92. The largest absolute Gasteiger partial charge is 0.508 e. The average molecular weight is 526 g/mol. The summed E-state index contributed by atoms with van der Waals surface area (Å²) in [5.74, 6) is -0.614. The van der Waals surface area contributed by atoms with Gasteiger partial charge in [0.1, 0.15) is 11.8 Å². The Bertz CT molecular complexity index is 1270. The molecule has 0 spiro atoms. The predicted octanol–water partition coefficient (Wildman–Crippen LogP) is 5.47. The number of unbranched alkanes of at least 4 members (excludes halogenated alkanes) is 2. The van der Waals surface area contributed by atoms with Crippen molar-refractivity contribution in [2.24, 2.45) is 0 Å². The first kappa shape index (κ1) is 28.3. The minimum Gasteiger partial charge on any atom is -0.508 e. The summed E-state index contributed by atoms with van der Waals surface area (Å²) in [4.78, 5) is 41.4. The summed E-state index contributed by atoms with van der Waals surface area (Å²) < 4.78 is 1.55. The third-order valence-corrected chi connectivity index (χ3v) is 6.90. The molecule has 0 saturated heterocycles. The summed E-state index contributed by atoms with van der Waals surface area (Å²) in [6.45, 7) is 6.55. The van der Waals surface area contributed by atoms with Gasteiger partial charge in [0.2, 0.25) is 11.8 Å². The molecule has 2 N–H and O–H groups in total. The molecular formula is C29H36ClN3O4. The molecule has 1 atom stereocenters. The van der Waals surface area contributed by atoms with E-state index in [0.29, 0.717) is 45.7 Å². The number of aromatic hydroxyl groups is 1. The maximum absolute atomic E-state index is 13.4. The number of fused-ring (bicyclic) bond motifs is 1. The summed E-state index contributed by atoms with van der Waals surface area (Å²) in [6, 6.07) is 10.8. The highest BCUT2D eigenvalue weighted by atomic mass is 35.5. The highest BCUT2D eigenvalue weighted by Gasteiger charge is 2.26. The Kier molecular flexibility index (Phi) is 9.75. The maximum atomic E-state index is 13.4. The molecule has 1 aromatic heterocycles. The fourth-order valence-corrected chi connectivity index (χ4v) is 4.65. The van der Waals surface area contributed by atoms with Crippen LogP contribution in [0.1, 0.15) is 67.6 Å². The number of carbonyl (C=O) groups excluding carboxylic acids is 3. The first-order valence-corrected chi connectivity index (χ1v) is 13.2. The van der Waals surface area contributed by atoms with Crippen molar-refractivity contribution in [3.8, 4) is 5.75 Å². The molecule has 37 heavy (non-hydrogen) atoms. The number of carbonyl (C=O) groups is 3. The SMILES string of the molecule is CCCCC(NC(=O)Cc1c(C)n(C(=O)c2ccc(Cl)cc2)c2ccc(O)cc12)C(=O)N(C)CCCC. The van der Waals surface area contributed by atoms with Gasteiger partial charge in [-0.2, -0.15) is 0 Å². The fraction of sp³-hybridized carbons (Fsp3) is 0.414. The van der Waals surface area contributed by atoms with E-state index in [-0.39, 0.29) is 29.9 Å². The van der Waals surface area contributed by atoms with E-state index in [0.717, 1.165) is 25.7 Å². The van der Waals surface area contributed by atoms with Gasteiger partial charge < -0.3 is 15.3 Å². The molecule has 0 aliphatic heterocycles. The zero-order chi connectivity index (χ0) is 27.1. The quantitative estimate of drug-likeness (QED) is 0.347. The van der Waals surface area contributed by atoms with Crippen LogP contribution in [0.25, 0.3) is 10.9 Å². The van der Waals surface area contributed by atoms with E-state index < -0.39 is 6.04 Å². The Hall–Kier alpha value is -3.32. The van der Waals surface area contributed by atoms with Gasteiger partial charge in [-0.3, -0.25) is 19.0 Å². The third kappa shape index (κ3) is 6.72. The normalized spacial score (nSPS) is 11.9. The molecule has 3 aromatic rings. The Labute approximate surface area is 223 Å². The summed E-state index contributed by atoms with van der Waals surface area (Å²) in [6.07, 6.45) is 4.15. The molecule has 3 rings (SSSR count). The number of nitrogens with one attached hydrogen (secondary N) is 1. The highest BCUT2D eigenvalue weighted by molar-refractivity contribution is 6.30. The summed E-state index contributed by atoms with van der Waals surface area (Å²) in [5.41, 5.74) is 2.28. The van der Waals surface area contributed by atoms with Crippen molar-refractivity contribution in [2.75, 3.05) is 13.6 Å². The lowest BCUT2D eigenvalue weighted by atomic mass is 10.0. The van der Waals surface area contributed by atoms with E-state index in [4.69, 9.17) is 11.6 Å². The van der Waals surface area contributed by atoms with E-state index in [2.05, 4.69) is 12.2 Å². The fourth-order valence-electron chi connectivity index (χ4n) is 4.52. The van der Waals surface area contributed by atoms with Crippen LogP contribution in [0.15, 0.2) is 42.5 Å². The number of phenolic OH excluding ortho intramolecular Hbond substituents is 1. The van der Waals surface area contributed by atoms with Crippen LogP contribution in [0, 0.1) is 6.92 Å². The molecule has 8 heteroatoms. The van der Waals surface area contributed by atoms with Crippen molar-refractivity contribution in [3.05, 3.63) is 64.3 Å². The van der Waals surface area contributed by atoms with Crippen LogP contribution in [0.3, 0.4) is 0 Å². The molecule has 2 amide bonds. The van der Waals surface area contributed by atoms with Gasteiger partial charge in [0, 0.05) is 35.3 Å². The van der Waals surface area contributed by atoms with Crippen LogP contribution in [-0.4, -0.2) is 51.9 Å². The second-order valence-electron chi connectivity index (χ2n) is 9.47. The van der Waals surface area contributed by atoms with Gasteiger partial charge in [-0.05, 0) is 67.8 Å². The molecule has 0 fully saturated rings. The summed E-state index contributed by atoms with van der Waals surface area (Å²) in [5, 5.41) is 14.2. The van der Waals surface area contributed by atoms with Crippen LogP contribution < -0.4 is 5.32 Å². The van der Waals surface area contributed by atoms with E-state index in [1.165, 1.54) is 6.07 Å². The summed E-state index contributed by atoms with van der Waals surface area (Å²) >= 11 is 5.99. The Morgan fingerprint density at radius 1 is 1.05 bits per heavy atom. The number of likely N-dealkylation sites (N-methyl/N-ethyl adjacent to an activating group) is 1.